The summed E-state index contributed by atoms with van der Waals surface area (Å²) < 4.78 is 32.5. The number of hydrogen-bond acceptors (Lipinski definition) is 5. The van der Waals surface area contributed by atoms with E-state index in [1.54, 1.807) is 23.9 Å². The summed E-state index contributed by atoms with van der Waals surface area (Å²) in [5.41, 5.74) is 0.557. The second kappa shape index (κ2) is 6.56. The zero-order valence-electron chi connectivity index (χ0n) is 12.4. The van der Waals surface area contributed by atoms with Crippen molar-refractivity contribution in [1.29, 1.82) is 0 Å². The molecule has 1 aliphatic heterocycles. The maximum absolute atomic E-state index is 12.9. The summed E-state index contributed by atoms with van der Waals surface area (Å²) in [6.07, 6.45) is 0. The topological polar surface area (TPSA) is 66.8 Å². The van der Waals surface area contributed by atoms with Crippen LogP contribution in [-0.2, 0) is 16.6 Å². The number of methoxy groups -OCH3 is 1. The Morgan fingerprint density at radius 2 is 1.95 bits per heavy atom. The predicted octanol–water partition coefficient (Wildman–Crippen LogP) is 1.70. The molecule has 0 amide bonds. The Bertz CT molecular complexity index is 593. The van der Waals surface area contributed by atoms with E-state index in [9.17, 15) is 13.5 Å². The van der Waals surface area contributed by atoms with Crippen molar-refractivity contribution < 1.29 is 18.3 Å². The van der Waals surface area contributed by atoms with Crippen LogP contribution in [0, 0.1) is 0 Å². The van der Waals surface area contributed by atoms with Gasteiger partial charge in [0.25, 0.3) is 0 Å². The molecule has 5 nitrogen and oxygen atoms in total. The quantitative estimate of drug-likeness (QED) is 0.910. The van der Waals surface area contributed by atoms with Crippen molar-refractivity contribution in [2.45, 2.75) is 35.8 Å². The lowest BCUT2D eigenvalue weighted by molar-refractivity contribution is 0.281. The third kappa shape index (κ3) is 3.53. The van der Waals surface area contributed by atoms with E-state index in [0.717, 1.165) is 0 Å². The molecule has 2 atom stereocenters. The van der Waals surface area contributed by atoms with Gasteiger partial charge in [-0.05, 0) is 17.7 Å². The molecule has 2 unspecified atom stereocenters. The molecular formula is C14H21NO4S2. The first-order valence-corrected chi connectivity index (χ1v) is 9.20. The van der Waals surface area contributed by atoms with Crippen LogP contribution in [0.2, 0.25) is 0 Å². The minimum atomic E-state index is -3.62. The summed E-state index contributed by atoms with van der Waals surface area (Å²) in [7, 11) is -2.17. The third-order valence-electron chi connectivity index (χ3n) is 3.41. The molecule has 1 N–H and O–H groups in total. The summed E-state index contributed by atoms with van der Waals surface area (Å²) in [5.74, 6) is 0.311. The van der Waals surface area contributed by atoms with Crippen molar-refractivity contribution in [3.8, 4) is 5.75 Å². The van der Waals surface area contributed by atoms with Crippen molar-refractivity contribution in [3.05, 3.63) is 23.8 Å². The second-order valence-electron chi connectivity index (χ2n) is 5.22. The molecule has 1 aliphatic rings. The average molecular weight is 331 g/mol. The number of sulfonamides is 1. The largest absolute Gasteiger partial charge is 0.495 e. The van der Waals surface area contributed by atoms with E-state index >= 15 is 0 Å². The second-order valence-corrected chi connectivity index (χ2v) is 9.01. The van der Waals surface area contributed by atoms with Gasteiger partial charge in [0, 0.05) is 23.6 Å². The Morgan fingerprint density at radius 1 is 1.33 bits per heavy atom. The van der Waals surface area contributed by atoms with Crippen LogP contribution in [0.4, 0.5) is 0 Å². The minimum Gasteiger partial charge on any atom is -0.495 e. The molecule has 0 radical (unpaired) electrons. The van der Waals surface area contributed by atoms with Gasteiger partial charge >= 0.3 is 0 Å². The van der Waals surface area contributed by atoms with E-state index in [1.165, 1.54) is 17.5 Å². The lowest BCUT2D eigenvalue weighted by Gasteiger charge is -2.34. The van der Waals surface area contributed by atoms with Crippen molar-refractivity contribution in [1.82, 2.24) is 4.31 Å². The zero-order chi connectivity index (χ0) is 15.6. The summed E-state index contributed by atoms with van der Waals surface area (Å²) in [6, 6.07) is 4.74. The molecule has 0 aromatic heterocycles. The van der Waals surface area contributed by atoms with Gasteiger partial charge in [0.1, 0.15) is 10.6 Å². The highest BCUT2D eigenvalue weighted by molar-refractivity contribution is 8.00. The van der Waals surface area contributed by atoms with E-state index in [1.807, 2.05) is 13.8 Å². The van der Waals surface area contributed by atoms with E-state index in [4.69, 9.17) is 4.74 Å². The molecule has 0 saturated carbocycles. The number of aliphatic hydroxyl groups excluding tert-OH is 1. The van der Waals surface area contributed by atoms with Crippen LogP contribution in [0.3, 0.4) is 0 Å². The van der Waals surface area contributed by atoms with Crippen LogP contribution < -0.4 is 4.74 Å². The summed E-state index contributed by atoms with van der Waals surface area (Å²) >= 11 is 1.80. The highest BCUT2D eigenvalue weighted by Crippen LogP contribution is 2.32. The number of benzene rings is 1. The highest BCUT2D eigenvalue weighted by Gasteiger charge is 2.33. The monoisotopic (exact) mass is 331 g/mol. The first kappa shape index (κ1) is 16.6. The molecule has 0 bridgehead atoms. The van der Waals surface area contributed by atoms with E-state index < -0.39 is 10.0 Å². The van der Waals surface area contributed by atoms with Crippen molar-refractivity contribution in [3.63, 3.8) is 0 Å². The predicted molar refractivity (Wildman–Crippen MR) is 84.2 cm³/mol. The molecular weight excluding hydrogens is 310 g/mol. The van der Waals surface area contributed by atoms with Gasteiger partial charge in [-0.3, -0.25) is 0 Å². The van der Waals surface area contributed by atoms with E-state index in [-0.39, 0.29) is 22.0 Å². The van der Waals surface area contributed by atoms with Crippen LogP contribution in [0.1, 0.15) is 19.4 Å². The first-order chi connectivity index (χ1) is 9.88. The highest BCUT2D eigenvalue weighted by atomic mass is 32.2. The molecule has 1 saturated heterocycles. The molecule has 118 valence electrons. The number of thioether (sulfide) groups is 1. The number of nitrogens with zero attached hydrogens (tertiary/aromatic N) is 1. The number of hydrogen-bond donors (Lipinski definition) is 1. The van der Waals surface area contributed by atoms with Crippen LogP contribution >= 0.6 is 11.8 Å². The average Bonchev–Trinajstić information content (AvgIpc) is 2.45. The maximum Gasteiger partial charge on any atom is 0.246 e. The first-order valence-electron chi connectivity index (χ1n) is 6.82. The van der Waals surface area contributed by atoms with Gasteiger partial charge in [-0.2, -0.15) is 16.1 Å². The summed E-state index contributed by atoms with van der Waals surface area (Å²) in [4.78, 5) is 0.128. The van der Waals surface area contributed by atoms with Crippen molar-refractivity contribution in [2.75, 3.05) is 20.2 Å². The zero-order valence-corrected chi connectivity index (χ0v) is 14.1. The van der Waals surface area contributed by atoms with Gasteiger partial charge < -0.3 is 9.84 Å². The fraction of sp³-hybridized carbons (Fsp3) is 0.571. The van der Waals surface area contributed by atoms with Crippen LogP contribution in [0.5, 0.6) is 5.75 Å². The Kier molecular flexibility index (Phi) is 5.19. The fourth-order valence-electron chi connectivity index (χ4n) is 2.49. The van der Waals surface area contributed by atoms with Gasteiger partial charge in [-0.25, -0.2) is 8.42 Å². The maximum atomic E-state index is 12.9. The fourth-order valence-corrected chi connectivity index (χ4v) is 5.82. The normalized spacial score (nSPS) is 24.0. The van der Waals surface area contributed by atoms with Gasteiger partial charge in [0.15, 0.2) is 0 Å². The molecule has 1 heterocycles. The Labute approximate surface area is 130 Å². The minimum absolute atomic E-state index is 0.128. The van der Waals surface area contributed by atoms with Gasteiger partial charge in [0.2, 0.25) is 10.0 Å². The molecule has 1 fully saturated rings. The van der Waals surface area contributed by atoms with E-state index in [2.05, 4.69) is 0 Å². The van der Waals surface area contributed by atoms with Crippen LogP contribution in [0.25, 0.3) is 0 Å². The number of aliphatic hydroxyl groups is 1. The summed E-state index contributed by atoms with van der Waals surface area (Å²) in [5, 5.41) is 9.75. The summed E-state index contributed by atoms with van der Waals surface area (Å²) in [6.45, 7) is 4.84. The van der Waals surface area contributed by atoms with Gasteiger partial charge in [-0.1, -0.05) is 19.9 Å². The Balaban J connectivity index is 2.43. The number of rotatable bonds is 4. The Morgan fingerprint density at radius 3 is 2.48 bits per heavy atom. The van der Waals surface area contributed by atoms with Gasteiger partial charge in [-0.15, -0.1) is 0 Å². The Hall–Kier alpha value is -0.760. The van der Waals surface area contributed by atoms with Crippen LogP contribution in [0.15, 0.2) is 23.1 Å². The number of ether oxygens (including phenoxy) is 1. The molecule has 2 rings (SSSR count). The molecule has 0 aliphatic carbocycles. The molecule has 21 heavy (non-hydrogen) atoms. The SMILES string of the molecule is COc1ccc(CO)cc1S(=O)(=O)N1CC(C)SC(C)C1. The molecule has 0 spiro atoms. The van der Waals surface area contributed by atoms with Crippen molar-refractivity contribution >= 4 is 21.8 Å². The molecule has 7 heteroatoms. The smallest absolute Gasteiger partial charge is 0.246 e. The lowest BCUT2D eigenvalue weighted by atomic mass is 10.2. The third-order valence-corrected chi connectivity index (χ3v) is 6.49. The van der Waals surface area contributed by atoms with Crippen LogP contribution in [-0.4, -0.2) is 48.5 Å². The standard InChI is InChI=1S/C14H21NO4S2/c1-10-7-15(8-11(2)20-10)21(17,18)14-6-12(9-16)4-5-13(14)19-3/h4-6,10-11,16H,7-9H2,1-3H3. The van der Waals surface area contributed by atoms with E-state index in [0.29, 0.717) is 24.4 Å². The molecule has 1 aromatic rings. The van der Waals surface area contributed by atoms with Crippen molar-refractivity contribution in [2.24, 2.45) is 0 Å². The molecule has 1 aromatic carbocycles. The van der Waals surface area contributed by atoms with Gasteiger partial charge in [0.05, 0.1) is 13.7 Å². The lowest BCUT2D eigenvalue weighted by Crippen LogP contribution is -2.44.